The number of aryl methyl sites for hydroxylation is 2. The van der Waals surface area contributed by atoms with Crippen LogP contribution in [0.3, 0.4) is 0 Å². The van der Waals surface area contributed by atoms with Crippen molar-refractivity contribution < 1.29 is 40.0 Å². The third kappa shape index (κ3) is 8.23. The number of fused-ring (bicyclic) bond motifs is 2. The van der Waals surface area contributed by atoms with Gasteiger partial charge in [0.1, 0.15) is 10.4 Å². The van der Waals surface area contributed by atoms with Gasteiger partial charge in [0.25, 0.3) is 25.2 Å². The molecule has 10 nitrogen and oxygen atoms in total. The van der Waals surface area contributed by atoms with Gasteiger partial charge in [-0.15, -0.1) is 0 Å². The van der Waals surface area contributed by atoms with Crippen LogP contribution in [0.2, 0.25) is 5.02 Å². The van der Waals surface area contributed by atoms with Crippen LogP contribution in [0.15, 0.2) is 47.9 Å². The summed E-state index contributed by atoms with van der Waals surface area (Å²) in [5.41, 5.74) is 3.60. The number of methoxy groups -OCH3 is 1. The number of rotatable bonds is 13. The zero-order valence-corrected chi connectivity index (χ0v) is 26.7. The second kappa shape index (κ2) is 13.3. The number of halogens is 1. The molecule has 42 heavy (non-hydrogen) atoms. The first kappa shape index (κ1) is 32.2. The molecule has 0 spiro atoms. The number of hydrogen-bond acceptors (Lipinski definition) is 8. The van der Waals surface area contributed by atoms with Crippen LogP contribution < -0.4 is 18.9 Å². The van der Waals surface area contributed by atoms with Gasteiger partial charge in [0, 0.05) is 42.3 Å². The molecular weight excluding hydrogens is 624 g/mol. The monoisotopic (exact) mass is 657 g/mol. The lowest BCUT2D eigenvalue weighted by Crippen LogP contribution is -2.35. The zero-order valence-electron chi connectivity index (χ0n) is 23.5. The number of thiazole rings is 1. The number of benzene rings is 2. The fourth-order valence-corrected chi connectivity index (χ4v) is 7.13. The maximum atomic E-state index is 11.3. The molecule has 1 aromatic heterocycles. The lowest BCUT2D eigenvalue weighted by atomic mass is 10.1. The van der Waals surface area contributed by atoms with E-state index in [1.165, 1.54) is 0 Å². The van der Waals surface area contributed by atoms with Crippen LogP contribution in [-0.2, 0) is 26.8 Å². The summed E-state index contributed by atoms with van der Waals surface area (Å²) in [5.74, 6) is 1.19. The van der Waals surface area contributed by atoms with Gasteiger partial charge in [0.2, 0.25) is 11.4 Å². The number of unbranched alkanes of at least 4 members (excludes halogenated alkanes) is 1. The number of aromatic nitrogens is 1. The van der Waals surface area contributed by atoms with E-state index in [0.29, 0.717) is 48.1 Å². The Hall–Kier alpha value is -2.68. The second-order valence-electron chi connectivity index (χ2n) is 9.94. The van der Waals surface area contributed by atoms with Gasteiger partial charge in [-0.25, -0.2) is 0 Å². The van der Waals surface area contributed by atoms with Crippen LogP contribution in [0.4, 0.5) is 5.69 Å². The molecule has 0 unspecified atom stereocenters. The SMILES string of the molecule is CCC(=C/c1sc2cc(OC)c(C)cc2[n+]1CCCCS(=O)(=O)O)/C=C1/Oc2ccc(Cl)cc2N1CCCS(=O)(=O)O. The predicted octanol–water partition coefficient (Wildman–Crippen LogP) is 5.64. The van der Waals surface area contributed by atoms with Crippen molar-refractivity contribution in [2.24, 2.45) is 0 Å². The molecule has 228 valence electrons. The molecule has 1 aliphatic heterocycles. The van der Waals surface area contributed by atoms with Crippen molar-refractivity contribution in [1.29, 1.82) is 0 Å². The van der Waals surface area contributed by atoms with Crippen LogP contribution in [0, 0.1) is 6.92 Å². The molecule has 0 bridgehead atoms. The fraction of sp³-hybridized carbons (Fsp3) is 0.393. The van der Waals surface area contributed by atoms with Crippen molar-refractivity contribution in [3.8, 4) is 11.5 Å². The Morgan fingerprint density at radius 1 is 1.10 bits per heavy atom. The molecule has 0 atom stereocenters. The summed E-state index contributed by atoms with van der Waals surface area (Å²) >= 11 is 7.82. The third-order valence-electron chi connectivity index (χ3n) is 6.78. The van der Waals surface area contributed by atoms with Crippen molar-refractivity contribution in [3.63, 3.8) is 0 Å². The van der Waals surface area contributed by atoms with E-state index in [1.54, 1.807) is 36.6 Å². The Labute approximate surface area is 255 Å². The summed E-state index contributed by atoms with van der Waals surface area (Å²) in [6, 6.07) is 9.26. The average Bonchev–Trinajstić information content (AvgIpc) is 3.40. The first-order valence-corrected chi connectivity index (χ1v) is 17.8. The summed E-state index contributed by atoms with van der Waals surface area (Å²) in [5, 5.41) is 1.45. The lowest BCUT2D eigenvalue weighted by Gasteiger charge is -2.18. The fourth-order valence-electron chi connectivity index (χ4n) is 4.73. The summed E-state index contributed by atoms with van der Waals surface area (Å²) in [6.45, 7) is 4.81. The van der Waals surface area contributed by atoms with Gasteiger partial charge in [0.15, 0.2) is 12.3 Å². The molecule has 0 saturated heterocycles. The Morgan fingerprint density at radius 3 is 2.48 bits per heavy atom. The van der Waals surface area contributed by atoms with Crippen LogP contribution in [-0.4, -0.2) is 51.1 Å². The predicted molar refractivity (Wildman–Crippen MR) is 166 cm³/mol. The Kier molecular flexibility index (Phi) is 10.2. The highest BCUT2D eigenvalue weighted by atomic mass is 35.5. The molecule has 0 fully saturated rings. The van der Waals surface area contributed by atoms with Crippen molar-refractivity contribution in [3.05, 3.63) is 63.5 Å². The number of ether oxygens (including phenoxy) is 2. The van der Waals surface area contributed by atoms with Gasteiger partial charge in [-0.05, 0) is 55.5 Å². The maximum Gasteiger partial charge on any atom is 0.264 e. The standard InChI is InChI=1S/C28H33ClN2O8S3/c1-4-20(15-27-30(11-7-13-42(35,36)37)22-17-21(29)8-9-24(22)39-27)16-28-31(10-5-6-12-41(32,33)34)23-14-19(2)25(38-3)18-26(23)40-28/h8-9,14-18H,4-7,10-13H2,1-3H3,(H-,32,33,34,35,36,37)/p+1. The van der Waals surface area contributed by atoms with Crippen molar-refractivity contribution in [1.82, 2.24) is 0 Å². The molecule has 2 N–H and O–H groups in total. The Morgan fingerprint density at radius 2 is 1.81 bits per heavy atom. The molecule has 4 rings (SSSR count). The van der Waals surface area contributed by atoms with Gasteiger partial charge in [-0.1, -0.05) is 29.9 Å². The minimum absolute atomic E-state index is 0.178. The normalized spacial score (nSPS) is 15.0. The topological polar surface area (TPSA) is 134 Å². The van der Waals surface area contributed by atoms with Crippen molar-refractivity contribution in [2.75, 3.05) is 30.1 Å². The highest BCUT2D eigenvalue weighted by Gasteiger charge is 2.28. The van der Waals surface area contributed by atoms with Crippen molar-refractivity contribution in [2.45, 2.75) is 46.1 Å². The highest BCUT2D eigenvalue weighted by molar-refractivity contribution is 7.86. The largest absolute Gasteiger partial charge is 0.496 e. The van der Waals surface area contributed by atoms with Gasteiger partial charge in [0.05, 0.1) is 24.3 Å². The van der Waals surface area contributed by atoms with Gasteiger partial charge in [-0.3, -0.25) is 9.11 Å². The minimum atomic E-state index is -4.11. The first-order chi connectivity index (χ1) is 19.8. The molecule has 0 saturated carbocycles. The Bertz CT molecular complexity index is 1750. The van der Waals surface area contributed by atoms with E-state index >= 15 is 0 Å². The quantitative estimate of drug-likeness (QED) is 0.136. The smallest absolute Gasteiger partial charge is 0.264 e. The van der Waals surface area contributed by atoms with E-state index in [4.69, 9.17) is 25.6 Å². The van der Waals surface area contributed by atoms with E-state index in [1.807, 2.05) is 37.0 Å². The van der Waals surface area contributed by atoms with Gasteiger partial charge >= 0.3 is 0 Å². The van der Waals surface area contributed by atoms with Crippen LogP contribution >= 0.6 is 22.9 Å². The third-order valence-corrected chi connectivity index (χ3v) is 9.72. The van der Waals surface area contributed by atoms with Gasteiger partial charge < -0.3 is 14.4 Å². The molecule has 14 heteroatoms. The molecule has 2 aromatic carbocycles. The maximum absolute atomic E-state index is 11.3. The van der Waals surface area contributed by atoms with Gasteiger partial charge in [-0.2, -0.15) is 21.4 Å². The van der Waals surface area contributed by atoms with E-state index in [0.717, 1.165) is 32.1 Å². The summed E-state index contributed by atoms with van der Waals surface area (Å²) in [6.07, 6.45) is 5.66. The molecule has 2 heterocycles. The Balaban J connectivity index is 1.72. The number of anilines is 1. The molecule has 1 aliphatic rings. The first-order valence-electron chi connectivity index (χ1n) is 13.4. The van der Waals surface area contributed by atoms with E-state index in [2.05, 4.69) is 10.6 Å². The van der Waals surface area contributed by atoms with Crippen molar-refractivity contribution >= 4 is 65.2 Å². The molecule has 0 amide bonds. The summed E-state index contributed by atoms with van der Waals surface area (Å²) < 4.78 is 78.3. The van der Waals surface area contributed by atoms with E-state index in [-0.39, 0.29) is 24.5 Å². The van der Waals surface area contributed by atoms with Crippen LogP contribution in [0.5, 0.6) is 11.5 Å². The highest BCUT2D eigenvalue weighted by Crippen LogP contribution is 2.41. The van der Waals surface area contributed by atoms with Crippen LogP contribution in [0.1, 0.15) is 43.2 Å². The average molecular weight is 658 g/mol. The van der Waals surface area contributed by atoms with E-state index < -0.39 is 20.2 Å². The molecule has 3 aromatic rings. The molecule has 0 aliphatic carbocycles. The molecule has 0 radical (unpaired) electrons. The molecular formula is C28H34ClN2O8S3+. The lowest BCUT2D eigenvalue weighted by molar-refractivity contribution is -0.669. The van der Waals surface area contributed by atoms with Crippen LogP contribution in [0.25, 0.3) is 16.3 Å². The zero-order chi connectivity index (χ0) is 30.7. The summed E-state index contributed by atoms with van der Waals surface area (Å²) in [7, 11) is -6.52. The summed E-state index contributed by atoms with van der Waals surface area (Å²) in [4.78, 5) is 1.85. The number of allylic oxidation sites excluding steroid dienone is 2. The minimum Gasteiger partial charge on any atom is -0.496 e. The second-order valence-corrected chi connectivity index (χ2v) is 14.6. The number of nitrogens with zero attached hydrogens (tertiary/aromatic N) is 2. The number of hydrogen-bond donors (Lipinski definition) is 2. The van der Waals surface area contributed by atoms with E-state index in [9.17, 15) is 21.4 Å².